The number of aryl methyl sites for hydroxylation is 2. The van der Waals surface area contributed by atoms with Crippen molar-refractivity contribution in [2.24, 2.45) is 0 Å². The highest BCUT2D eigenvalue weighted by molar-refractivity contribution is 7.92. The molecule has 0 saturated carbocycles. The van der Waals surface area contributed by atoms with Crippen molar-refractivity contribution in [2.45, 2.75) is 51.2 Å². The largest absolute Gasteiger partial charge is 0.379 e. The lowest BCUT2D eigenvalue weighted by Gasteiger charge is -2.35. The summed E-state index contributed by atoms with van der Waals surface area (Å²) in [6.45, 7) is 10.9. The Morgan fingerprint density at radius 1 is 1.09 bits per heavy atom. The quantitative estimate of drug-likeness (QED) is 0.320. The van der Waals surface area contributed by atoms with Gasteiger partial charge in [-0.25, -0.2) is 8.42 Å². The molecule has 2 N–H and O–H groups in total. The van der Waals surface area contributed by atoms with Gasteiger partial charge >= 0.3 is 0 Å². The van der Waals surface area contributed by atoms with Gasteiger partial charge in [-0.2, -0.15) is 0 Å². The zero-order valence-corrected chi connectivity index (χ0v) is 20.3. The summed E-state index contributed by atoms with van der Waals surface area (Å²) in [7, 11) is -3.97. The second-order valence-electron chi connectivity index (χ2n) is 8.66. The molecule has 0 aliphatic carbocycles. The van der Waals surface area contributed by atoms with Crippen LogP contribution in [0, 0.1) is 24.0 Å². The molecule has 1 saturated heterocycles. The van der Waals surface area contributed by atoms with Crippen LogP contribution in [0.25, 0.3) is 0 Å². The lowest BCUT2D eigenvalue weighted by molar-refractivity contribution is -0.384. The van der Waals surface area contributed by atoms with E-state index in [0.717, 1.165) is 43.2 Å². The van der Waals surface area contributed by atoms with Crippen LogP contribution in [0.5, 0.6) is 0 Å². The van der Waals surface area contributed by atoms with E-state index >= 15 is 0 Å². The van der Waals surface area contributed by atoms with Crippen LogP contribution in [-0.4, -0.2) is 56.6 Å². The number of hydrogen-bond acceptors (Lipinski definition) is 7. The maximum Gasteiger partial charge on any atom is 0.293 e. The van der Waals surface area contributed by atoms with Crippen LogP contribution in [0.15, 0.2) is 41.3 Å². The highest BCUT2D eigenvalue weighted by Gasteiger charge is 2.23. The zero-order valence-electron chi connectivity index (χ0n) is 19.5. The van der Waals surface area contributed by atoms with Crippen molar-refractivity contribution >= 4 is 27.1 Å². The van der Waals surface area contributed by atoms with Crippen molar-refractivity contribution in [3.63, 3.8) is 0 Å². The van der Waals surface area contributed by atoms with E-state index in [-0.39, 0.29) is 22.8 Å². The van der Waals surface area contributed by atoms with Crippen LogP contribution in [0.1, 0.15) is 31.4 Å². The first-order valence-corrected chi connectivity index (χ1v) is 12.5. The van der Waals surface area contributed by atoms with Crippen LogP contribution >= 0.6 is 0 Å². The van der Waals surface area contributed by atoms with E-state index < -0.39 is 14.9 Å². The predicted molar refractivity (Wildman–Crippen MR) is 129 cm³/mol. The minimum atomic E-state index is -3.97. The summed E-state index contributed by atoms with van der Waals surface area (Å²) >= 11 is 0. The number of nitrogens with zero attached hydrogens (tertiary/aromatic N) is 2. The van der Waals surface area contributed by atoms with Crippen LogP contribution in [0.4, 0.5) is 17.1 Å². The highest BCUT2D eigenvalue weighted by Crippen LogP contribution is 2.29. The van der Waals surface area contributed by atoms with E-state index in [1.54, 1.807) is 19.1 Å². The van der Waals surface area contributed by atoms with Crippen LogP contribution in [0.3, 0.4) is 0 Å². The number of nitro benzene ring substituents is 1. The molecular formula is C23H32N4O5S. The van der Waals surface area contributed by atoms with Gasteiger partial charge in [-0.3, -0.25) is 19.7 Å². The van der Waals surface area contributed by atoms with Gasteiger partial charge in [0, 0.05) is 32.2 Å². The predicted octanol–water partition coefficient (Wildman–Crippen LogP) is 3.92. The second kappa shape index (κ2) is 10.5. The Morgan fingerprint density at radius 3 is 2.39 bits per heavy atom. The van der Waals surface area contributed by atoms with Gasteiger partial charge in [0.1, 0.15) is 5.69 Å². The third-order valence-electron chi connectivity index (χ3n) is 5.56. The summed E-state index contributed by atoms with van der Waals surface area (Å²) in [5.41, 5.74) is 2.26. The molecule has 3 rings (SSSR count). The molecule has 1 aliphatic rings. The third-order valence-corrected chi connectivity index (χ3v) is 6.93. The summed E-state index contributed by atoms with van der Waals surface area (Å²) in [5, 5.41) is 14.7. The van der Waals surface area contributed by atoms with Gasteiger partial charge in [0.2, 0.25) is 0 Å². The standard InChI is InChI=1S/C23H32N4O5S/c1-16-6-8-21(17(2)12-16)25-33(30,31)20-7-9-22(23(13-20)27(28)29)24-10-5-11-26-14-18(3)32-19(4)15-26/h6-9,12-13,18-19,24-25H,5,10-11,14-15H2,1-4H3. The van der Waals surface area contributed by atoms with Crippen LogP contribution in [0.2, 0.25) is 0 Å². The van der Waals surface area contributed by atoms with E-state index in [1.165, 1.54) is 12.1 Å². The number of benzene rings is 2. The average Bonchev–Trinajstić information content (AvgIpc) is 2.72. The summed E-state index contributed by atoms with van der Waals surface area (Å²) in [6.07, 6.45) is 1.18. The Labute approximate surface area is 195 Å². The molecule has 2 aromatic carbocycles. The first-order valence-electron chi connectivity index (χ1n) is 11.1. The van der Waals surface area contributed by atoms with Crippen molar-refractivity contribution < 1.29 is 18.1 Å². The fourth-order valence-corrected chi connectivity index (χ4v) is 5.25. The molecule has 1 heterocycles. The van der Waals surface area contributed by atoms with Gasteiger partial charge in [0.15, 0.2) is 0 Å². The summed E-state index contributed by atoms with van der Waals surface area (Å²) in [4.78, 5) is 13.2. The summed E-state index contributed by atoms with van der Waals surface area (Å²) in [5.74, 6) is 0. The normalized spacial score (nSPS) is 19.3. The molecule has 0 radical (unpaired) electrons. The minimum absolute atomic E-state index is 0.156. The molecule has 9 nitrogen and oxygen atoms in total. The lowest BCUT2D eigenvalue weighted by atomic mass is 10.1. The fourth-order valence-electron chi connectivity index (χ4n) is 4.10. The topological polar surface area (TPSA) is 114 Å². The van der Waals surface area contributed by atoms with E-state index in [4.69, 9.17) is 4.74 Å². The minimum Gasteiger partial charge on any atom is -0.379 e. The number of rotatable bonds is 9. The van der Waals surface area contributed by atoms with Gasteiger partial charge < -0.3 is 10.1 Å². The van der Waals surface area contributed by atoms with E-state index in [9.17, 15) is 18.5 Å². The first kappa shape index (κ1) is 24.9. The Kier molecular flexibility index (Phi) is 7.93. The number of anilines is 2. The van der Waals surface area contributed by atoms with E-state index in [0.29, 0.717) is 17.9 Å². The monoisotopic (exact) mass is 476 g/mol. The van der Waals surface area contributed by atoms with Crippen LogP contribution < -0.4 is 10.0 Å². The fraction of sp³-hybridized carbons (Fsp3) is 0.478. The summed E-state index contributed by atoms with van der Waals surface area (Å²) in [6, 6.07) is 9.28. The van der Waals surface area contributed by atoms with Gasteiger partial charge in [0.05, 0.1) is 27.7 Å². The first-order chi connectivity index (χ1) is 15.5. The SMILES string of the molecule is Cc1ccc(NS(=O)(=O)c2ccc(NCCCN3CC(C)OC(C)C3)c([N+](=O)[O-])c2)c(C)c1. The smallest absolute Gasteiger partial charge is 0.293 e. The number of sulfonamides is 1. The van der Waals surface area contributed by atoms with Gasteiger partial charge in [-0.1, -0.05) is 17.7 Å². The molecule has 180 valence electrons. The zero-order chi connectivity index (χ0) is 24.2. The molecule has 1 fully saturated rings. The Bertz CT molecular complexity index is 1100. The third kappa shape index (κ3) is 6.66. The van der Waals surface area contributed by atoms with E-state index in [2.05, 4.69) is 28.8 Å². The van der Waals surface area contributed by atoms with Gasteiger partial charge in [-0.05, 0) is 57.9 Å². The molecular weight excluding hydrogens is 444 g/mol. The number of hydrogen-bond donors (Lipinski definition) is 2. The molecule has 1 aliphatic heterocycles. The average molecular weight is 477 g/mol. The summed E-state index contributed by atoms with van der Waals surface area (Å²) < 4.78 is 33.9. The Balaban J connectivity index is 1.66. The van der Waals surface area contributed by atoms with Gasteiger partial charge in [0.25, 0.3) is 15.7 Å². The molecule has 2 unspecified atom stereocenters. The molecule has 10 heteroatoms. The molecule has 33 heavy (non-hydrogen) atoms. The molecule has 0 amide bonds. The number of ether oxygens (including phenoxy) is 1. The van der Waals surface area contributed by atoms with Crippen molar-refractivity contribution in [3.05, 3.63) is 57.6 Å². The molecule has 2 aromatic rings. The number of nitrogens with one attached hydrogen (secondary N) is 2. The second-order valence-corrected chi connectivity index (χ2v) is 10.3. The van der Waals surface area contributed by atoms with Crippen molar-refractivity contribution in [3.8, 4) is 0 Å². The van der Waals surface area contributed by atoms with Gasteiger partial charge in [-0.15, -0.1) is 0 Å². The van der Waals surface area contributed by atoms with Crippen LogP contribution in [-0.2, 0) is 14.8 Å². The highest BCUT2D eigenvalue weighted by atomic mass is 32.2. The Hall–Kier alpha value is -2.69. The lowest BCUT2D eigenvalue weighted by Crippen LogP contribution is -2.45. The molecule has 0 spiro atoms. The number of nitro groups is 1. The van der Waals surface area contributed by atoms with E-state index in [1.807, 2.05) is 13.0 Å². The molecule has 0 aromatic heterocycles. The van der Waals surface area contributed by atoms with Crippen molar-refractivity contribution in [2.75, 3.05) is 36.2 Å². The molecule has 0 bridgehead atoms. The Morgan fingerprint density at radius 2 is 1.76 bits per heavy atom. The van der Waals surface area contributed by atoms with Crippen molar-refractivity contribution in [1.29, 1.82) is 0 Å². The maximum absolute atomic E-state index is 12.8. The van der Waals surface area contributed by atoms with Crippen molar-refractivity contribution in [1.82, 2.24) is 4.90 Å². The molecule has 2 atom stereocenters. The maximum atomic E-state index is 12.8. The number of morpholine rings is 1.